The molecule has 0 fully saturated rings. The number of thiophene rings is 1. The van der Waals surface area contributed by atoms with Crippen molar-refractivity contribution in [3.05, 3.63) is 64.0 Å². The zero-order valence-electron chi connectivity index (χ0n) is 10.6. The molecule has 102 valence electrons. The number of halogens is 2. The Kier molecular flexibility index (Phi) is 4.29. The van der Waals surface area contributed by atoms with Crippen LogP contribution < -0.4 is 4.74 Å². The van der Waals surface area contributed by atoms with Crippen LogP contribution in [0.2, 0.25) is 5.02 Å². The van der Waals surface area contributed by atoms with Crippen LogP contribution in [0.25, 0.3) is 10.1 Å². The summed E-state index contributed by atoms with van der Waals surface area (Å²) in [5.41, 5.74) is 2.21. The van der Waals surface area contributed by atoms with Gasteiger partial charge in [-0.15, -0.1) is 11.3 Å². The molecular formula is C16H12BrClOS. The van der Waals surface area contributed by atoms with Crippen LogP contribution in [0, 0.1) is 0 Å². The number of fused-ring (bicyclic) bond motifs is 1. The van der Waals surface area contributed by atoms with E-state index in [0.717, 1.165) is 16.3 Å². The summed E-state index contributed by atoms with van der Waals surface area (Å²) >= 11 is 11.4. The van der Waals surface area contributed by atoms with E-state index in [2.05, 4.69) is 45.6 Å². The highest BCUT2D eigenvalue weighted by molar-refractivity contribution is 9.08. The zero-order chi connectivity index (χ0) is 13.9. The van der Waals surface area contributed by atoms with Crippen molar-refractivity contribution in [3.8, 4) is 5.75 Å². The van der Waals surface area contributed by atoms with E-state index in [1.807, 2.05) is 18.2 Å². The van der Waals surface area contributed by atoms with Gasteiger partial charge >= 0.3 is 0 Å². The van der Waals surface area contributed by atoms with E-state index in [0.29, 0.717) is 11.9 Å². The first-order valence-corrected chi connectivity index (χ1v) is 8.59. The summed E-state index contributed by atoms with van der Waals surface area (Å²) in [4.78, 5) is 0. The molecular weight excluding hydrogens is 356 g/mol. The number of hydrogen-bond acceptors (Lipinski definition) is 2. The number of rotatable bonds is 4. The highest BCUT2D eigenvalue weighted by atomic mass is 79.9. The second-order valence-corrected chi connectivity index (χ2v) is 6.28. The molecule has 0 aliphatic carbocycles. The molecule has 1 heterocycles. The van der Waals surface area contributed by atoms with Gasteiger partial charge in [0, 0.05) is 26.2 Å². The lowest BCUT2D eigenvalue weighted by molar-refractivity contribution is 0.306. The summed E-state index contributed by atoms with van der Waals surface area (Å²) in [6.07, 6.45) is 0. The molecule has 0 radical (unpaired) electrons. The van der Waals surface area contributed by atoms with Gasteiger partial charge in [0.2, 0.25) is 0 Å². The quantitative estimate of drug-likeness (QED) is 0.512. The maximum atomic E-state index is 6.18. The van der Waals surface area contributed by atoms with Gasteiger partial charge in [-0.2, -0.15) is 0 Å². The van der Waals surface area contributed by atoms with E-state index >= 15 is 0 Å². The predicted molar refractivity (Wildman–Crippen MR) is 90.2 cm³/mol. The molecule has 0 saturated heterocycles. The molecule has 0 spiro atoms. The summed E-state index contributed by atoms with van der Waals surface area (Å²) < 4.78 is 7.24. The van der Waals surface area contributed by atoms with Crippen LogP contribution in [0.5, 0.6) is 5.75 Å². The van der Waals surface area contributed by atoms with Crippen molar-refractivity contribution in [2.24, 2.45) is 0 Å². The molecule has 3 rings (SSSR count). The van der Waals surface area contributed by atoms with E-state index in [9.17, 15) is 0 Å². The first kappa shape index (κ1) is 13.9. The Morgan fingerprint density at radius 1 is 1.10 bits per heavy atom. The van der Waals surface area contributed by atoms with Crippen LogP contribution in [0.15, 0.2) is 47.8 Å². The molecule has 4 heteroatoms. The monoisotopic (exact) mass is 366 g/mol. The molecule has 1 aromatic heterocycles. The van der Waals surface area contributed by atoms with Crippen molar-refractivity contribution in [1.29, 1.82) is 0 Å². The smallest absolute Gasteiger partial charge is 0.125 e. The van der Waals surface area contributed by atoms with Gasteiger partial charge in [-0.05, 0) is 29.0 Å². The lowest BCUT2D eigenvalue weighted by atomic mass is 10.2. The molecule has 0 bridgehead atoms. The van der Waals surface area contributed by atoms with E-state index < -0.39 is 0 Å². The number of hydrogen-bond donors (Lipinski definition) is 0. The van der Waals surface area contributed by atoms with E-state index in [4.69, 9.17) is 16.3 Å². The Labute approximate surface area is 135 Å². The predicted octanol–water partition coefficient (Wildman–Crippen LogP) is 6.03. The van der Waals surface area contributed by atoms with E-state index in [1.165, 1.54) is 15.6 Å². The van der Waals surface area contributed by atoms with Crippen molar-refractivity contribution in [3.63, 3.8) is 0 Å². The fourth-order valence-corrected chi connectivity index (χ4v) is 4.02. The molecule has 0 aliphatic rings. The van der Waals surface area contributed by atoms with Gasteiger partial charge in [0.05, 0.1) is 0 Å². The van der Waals surface area contributed by atoms with Crippen molar-refractivity contribution >= 4 is 49.0 Å². The summed E-state index contributed by atoms with van der Waals surface area (Å²) in [5.74, 6) is 0.838. The first-order chi connectivity index (χ1) is 9.79. The highest BCUT2D eigenvalue weighted by Crippen LogP contribution is 2.31. The van der Waals surface area contributed by atoms with E-state index in [-0.39, 0.29) is 0 Å². The third-order valence-corrected chi connectivity index (χ3v) is 5.08. The fourth-order valence-electron chi connectivity index (χ4n) is 2.10. The number of benzene rings is 2. The van der Waals surface area contributed by atoms with Crippen LogP contribution >= 0.6 is 38.9 Å². The number of ether oxygens (including phenoxy) is 1. The maximum absolute atomic E-state index is 6.18. The van der Waals surface area contributed by atoms with Crippen molar-refractivity contribution in [1.82, 2.24) is 0 Å². The lowest BCUT2D eigenvalue weighted by Gasteiger charge is -2.11. The number of alkyl halides is 1. The minimum atomic E-state index is 0.560. The molecule has 0 N–H and O–H groups in total. The molecule has 1 nitrogen and oxygen atoms in total. The fraction of sp³-hybridized carbons (Fsp3) is 0.125. The summed E-state index contributed by atoms with van der Waals surface area (Å²) in [6, 6.07) is 14.1. The Hall–Kier alpha value is -1.03. The first-order valence-electron chi connectivity index (χ1n) is 6.21. The van der Waals surface area contributed by atoms with Gasteiger partial charge in [0.1, 0.15) is 12.4 Å². The van der Waals surface area contributed by atoms with Crippen molar-refractivity contribution < 1.29 is 4.74 Å². The second-order valence-electron chi connectivity index (χ2n) is 4.40. The average molecular weight is 368 g/mol. The Bertz CT molecular complexity index is 738. The van der Waals surface area contributed by atoms with Gasteiger partial charge in [-0.1, -0.05) is 51.8 Å². The van der Waals surface area contributed by atoms with Crippen LogP contribution in [-0.4, -0.2) is 0 Å². The topological polar surface area (TPSA) is 9.23 Å². The van der Waals surface area contributed by atoms with Gasteiger partial charge in [-0.25, -0.2) is 0 Å². The second kappa shape index (κ2) is 6.17. The van der Waals surface area contributed by atoms with Gasteiger partial charge in [-0.3, -0.25) is 0 Å². The maximum Gasteiger partial charge on any atom is 0.125 e. The Morgan fingerprint density at radius 3 is 2.80 bits per heavy atom. The molecule has 0 amide bonds. The summed E-state index contributed by atoms with van der Waals surface area (Å²) in [5, 5.41) is 4.84. The minimum absolute atomic E-state index is 0.560. The van der Waals surface area contributed by atoms with Crippen LogP contribution in [0.1, 0.15) is 11.1 Å². The van der Waals surface area contributed by atoms with E-state index in [1.54, 1.807) is 11.3 Å². The lowest BCUT2D eigenvalue weighted by Crippen LogP contribution is -1.97. The van der Waals surface area contributed by atoms with Gasteiger partial charge in [0.15, 0.2) is 0 Å². The van der Waals surface area contributed by atoms with Crippen LogP contribution in [0.4, 0.5) is 0 Å². The van der Waals surface area contributed by atoms with Gasteiger partial charge < -0.3 is 4.74 Å². The third kappa shape index (κ3) is 2.71. The largest absolute Gasteiger partial charge is 0.488 e. The van der Waals surface area contributed by atoms with Gasteiger partial charge in [0.25, 0.3) is 0 Å². The molecule has 0 unspecified atom stereocenters. The Balaban J connectivity index is 1.85. The van der Waals surface area contributed by atoms with Crippen molar-refractivity contribution in [2.45, 2.75) is 11.9 Å². The zero-order valence-corrected chi connectivity index (χ0v) is 13.8. The molecule has 3 aromatic rings. The molecule has 20 heavy (non-hydrogen) atoms. The highest BCUT2D eigenvalue weighted by Gasteiger charge is 2.09. The average Bonchev–Trinajstić information content (AvgIpc) is 2.88. The normalized spacial score (nSPS) is 10.9. The molecule has 0 aliphatic heterocycles. The third-order valence-electron chi connectivity index (χ3n) is 3.15. The van der Waals surface area contributed by atoms with Crippen LogP contribution in [-0.2, 0) is 11.9 Å². The standard InChI is InChI=1S/C16H12BrClOS/c17-8-13-14(18)5-3-6-15(13)19-9-11-10-20-16-7-2-1-4-12(11)16/h1-7,10H,8-9H2. The van der Waals surface area contributed by atoms with Crippen molar-refractivity contribution in [2.75, 3.05) is 0 Å². The minimum Gasteiger partial charge on any atom is -0.488 e. The Morgan fingerprint density at radius 2 is 1.95 bits per heavy atom. The molecule has 2 aromatic carbocycles. The molecule has 0 atom stereocenters. The SMILES string of the molecule is Clc1cccc(OCc2csc3ccccc23)c1CBr. The summed E-state index contributed by atoms with van der Waals surface area (Å²) in [6.45, 7) is 0.560. The summed E-state index contributed by atoms with van der Waals surface area (Å²) in [7, 11) is 0. The molecule has 0 saturated carbocycles. The van der Waals surface area contributed by atoms with Crippen LogP contribution in [0.3, 0.4) is 0 Å².